The number of nitrogens with zero attached hydrogens (tertiary/aromatic N) is 3. The Balaban J connectivity index is 1.70. The maximum atomic E-state index is 12.5. The van der Waals surface area contributed by atoms with E-state index in [1.807, 2.05) is 0 Å². The Morgan fingerprint density at radius 1 is 1.50 bits per heavy atom. The number of hydrogen-bond acceptors (Lipinski definition) is 8. The third kappa shape index (κ3) is 2.97. The van der Waals surface area contributed by atoms with Crippen LogP contribution in [0.25, 0.3) is 0 Å². The molecule has 24 heavy (non-hydrogen) atoms. The summed E-state index contributed by atoms with van der Waals surface area (Å²) in [7, 11) is 0. The van der Waals surface area contributed by atoms with Crippen molar-refractivity contribution < 1.29 is 27.9 Å². The molecule has 3 heterocycles. The molecule has 3 N–H and O–H groups in total. The molecule has 0 saturated carbocycles. The Hall–Kier alpha value is -1.05. The van der Waals surface area contributed by atoms with Crippen molar-refractivity contribution in [2.45, 2.75) is 21.9 Å². The highest BCUT2D eigenvalue weighted by atomic mass is 32.2. The average molecular weight is 400 g/mol. The SMILES string of the molecule is NC1C(=O)N2CC(CSc3nnc(C(F)(F)F)s3)(C(=O)O)CS[C@H]12. The van der Waals surface area contributed by atoms with Gasteiger partial charge >= 0.3 is 12.1 Å². The third-order valence-corrected chi connectivity index (χ3v) is 7.76. The van der Waals surface area contributed by atoms with E-state index in [2.05, 4.69) is 10.2 Å². The summed E-state index contributed by atoms with van der Waals surface area (Å²) in [6.07, 6.45) is -4.57. The summed E-state index contributed by atoms with van der Waals surface area (Å²) in [5.74, 6) is -1.19. The lowest BCUT2D eigenvalue weighted by atomic mass is 9.89. The Morgan fingerprint density at radius 3 is 2.79 bits per heavy atom. The summed E-state index contributed by atoms with van der Waals surface area (Å²) in [6.45, 7) is -0.00946. The average Bonchev–Trinajstić information content (AvgIpc) is 3.01. The predicted molar refractivity (Wildman–Crippen MR) is 81.6 cm³/mol. The van der Waals surface area contributed by atoms with Crippen LogP contribution in [0.2, 0.25) is 0 Å². The van der Waals surface area contributed by atoms with E-state index in [4.69, 9.17) is 5.73 Å². The maximum absolute atomic E-state index is 12.5. The first-order chi connectivity index (χ1) is 11.1. The molecule has 2 fully saturated rings. The van der Waals surface area contributed by atoms with Gasteiger partial charge in [0.2, 0.25) is 10.9 Å². The minimum atomic E-state index is -4.57. The number of carboxylic acid groups (broad SMARTS) is 1. The van der Waals surface area contributed by atoms with E-state index in [9.17, 15) is 27.9 Å². The van der Waals surface area contributed by atoms with Crippen molar-refractivity contribution in [2.75, 3.05) is 18.1 Å². The Labute approximate surface area is 146 Å². The van der Waals surface area contributed by atoms with Crippen molar-refractivity contribution in [1.29, 1.82) is 0 Å². The van der Waals surface area contributed by atoms with Gasteiger partial charge in [-0.25, -0.2) is 0 Å². The number of carbonyl (C=O) groups excluding carboxylic acids is 1. The van der Waals surface area contributed by atoms with E-state index >= 15 is 0 Å². The number of thioether (sulfide) groups is 2. The van der Waals surface area contributed by atoms with E-state index in [-0.39, 0.29) is 33.7 Å². The zero-order valence-corrected chi connectivity index (χ0v) is 14.3. The van der Waals surface area contributed by atoms with E-state index < -0.39 is 28.6 Å². The Kier molecular flexibility index (Phi) is 4.47. The smallest absolute Gasteiger partial charge is 0.445 e. The Bertz CT molecular complexity index is 685. The topological polar surface area (TPSA) is 109 Å². The summed E-state index contributed by atoms with van der Waals surface area (Å²) in [4.78, 5) is 24.9. The van der Waals surface area contributed by atoms with Gasteiger partial charge in [0.15, 0.2) is 4.34 Å². The van der Waals surface area contributed by atoms with Gasteiger partial charge < -0.3 is 15.7 Å². The van der Waals surface area contributed by atoms with Gasteiger partial charge in [-0.2, -0.15) is 13.2 Å². The molecule has 0 aromatic carbocycles. The van der Waals surface area contributed by atoms with Crippen LogP contribution in [0.3, 0.4) is 0 Å². The first-order valence-corrected chi connectivity index (χ1v) is 9.44. The first kappa shape index (κ1) is 17.8. The second kappa shape index (κ2) is 6.04. The van der Waals surface area contributed by atoms with Crippen LogP contribution in [0.4, 0.5) is 13.2 Å². The van der Waals surface area contributed by atoms with Crippen molar-refractivity contribution in [1.82, 2.24) is 15.1 Å². The highest BCUT2D eigenvalue weighted by Gasteiger charge is 2.55. The summed E-state index contributed by atoms with van der Waals surface area (Å²) in [6, 6.07) is -0.619. The highest BCUT2D eigenvalue weighted by Crippen LogP contribution is 2.44. The lowest BCUT2D eigenvalue weighted by Crippen LogP contribution is -2.72. The number of alkyl halides is 3. The number of aliphatic carboxylic acids is 1. The van der Waals surface area contributed by atoms with E-state index in [0.717, 1.165) is 11.8 Å². The number of rotatable bonds is 4. The molecule has 2 unspecified atom stereocenters. The first-order valence-electron chi connectivity index (χ1n) is 6.59. The highest BCUT2D eigenvalue weighted by molar-refractivity contribution is 8.01. The van der Waals surface area contributed by atoms with Gasteiger partial charge in [-0.1, -0.05) is 23.1 Å². The number of aromatic nitrogens is 2. The fourth-order valence-electron chi connectivity index (χ4n) is 2.39. The van der Waals surface area contributed by atoms with Crippen LogP contribution < -0.4 is 5.73 Å². The lowest BCUT2D eigenvalue weighted by molar-refractivity contribution is -0.155. The van der Waals surface area contributed by atoms with Crippen LogP contribution in [0.15, 0.2) is 4.34 Å². The van der Waals surface area contributed by atoms with E-state index in [0.29, 0.717) is 11.3 Å². The molecule has 13 heteroatoms. The lowest BCUT2D eigenvalue weighted by Gasteiger charge is -2.52. The summed E-state index contributed by atoms with van der Waals surface area (Å²) < 4.78 is 37.6. The molecule has 0 aliphatic carbocycles. The predicted octanol–water partition coefficient (Wildman–Crippen LogP) is 0.962. The second-order valence-electron chi connectivity index (χ2n) is 5.44. The molecular formula is C11H11F3N4O3S3. The fourth-order valence-corrected chi connectivity index (χ4v) is 5.92. The number of fused-ring (bicyclic) bond motifs is 1. The molecule has 1 aromatic rings. The molecule has 2 saturated heterocycles. The second-order valence-corrected chi connectivity index (χ2v) is 8.74. The van der Waals surface area contributed by atoms with Crippen LogP contribution in [-0.2, 0) is 15.8 Å². The van der Waals surface area contributed by atoms with Crippen molar-refractivity contribution in [2.24, 2.45) is 11.1 Å². The number of nitrogens with two attached hydrogens (primary N) is 1. The zero-order valence-electron chi connectivity index (χ0n) is 11.8. The van der Waals surface area contributed by atoms with Crippen LogP contribution in [0.5, 0.6) is 0 Å². The minimum Gasteiger partial charge on any atom is -0.481 e. The van der Waals surface area contributed by atoms with Crippen LogP contribution in [0.1, 0.15) is 5.01 Å². The third-order valence-electron chi connectivity index (χ3n) is 3.76. The van der Waals surface area contributed by atoms with Gasteiger partial charge in [0.25, 0.3) is 0 Å². The van der Waals surface area contributed by atoms with Crippen LogP contribution in [0, 0.1) is 5.41 Å². The maximum Gasteiger partial charge on any atom is 0.445 e. The van der Waals surface area contributed by atoms with Gasteiger partial charge in [0.1, 0.15) is 16.8 Å². The van der Waals surface area contributed by atoms with Crippen molar-refractivity contribution in [3.05, 3.63) is 5.01 Å². The summed E-state index contributed by atoms with van der Waals surface area (Å²) in [5.41, 5.74) is 4.40. The molecule has 2 aliphatic heterocycles. The quantitative estimate of drug-likeness (QED) is 0.568. The van der Waals surface area contributed by atoms with Gasteiger partial charge in [0.05, 0.1) is 0 Å². The van der Waals surface area contributed by atoms with E-state index in [1.165, 1.54) is 16.7 Å². The minimum absolute atomic E-state index is 0.00639. The van der Waals surface area contributed by atoms with Gasteiger partial charge in [-0.15, -0.1) is 22.0 Å². The summed E-state index contributed by atoms with van der Waals surface area (Å²) in [5, 5.41) is 14.8. The normalized spacial score (nSPS) is 30.0. The molecule has 3 rings (SSSR count). The van der Waals surface area contributed by atoms with Gasteiger partial charge in [-0.05, 0) is 0 Å². The Morgan fingerprint density at radius 2 is 2.21 bits per heavy atom. The number of halogens is 3. The van der Waals surface area contributed by atoms with Crippen LogP contribution >= 0.6 is 34.9 Å². The molecule has 3 atom stereocenters. The van der Waals surface area contributed by atoms with E-state index in [1.54, 1.807) is 0 Å². The van der Waals surface area contributed by atoms with Crippen molar-refractivity contribution >= 4 is 46.7 Å². The van der Waals surface area contributed by atoms with Gasteiger partial charge in [0, 0.05) is 18.1 Å². The monoisotopic (exact) mass is 400 g/mol. The zero-order chi connectivity index (χ0) is 17.7. The number of β-lactam (4-membered cyclic amide) rings is 1. The molecule has 0 spiro atoms. The number of carbonyl (C=O) groups is 2. The van der Waals surface area contributed by atoms with Crippen molar-refractivity contribution in [3.8, 4) is 0 Å². The molecule has 7 nitrogen and oxygen atoms in total. The molecule has 132 valence electrons. The van der Waals surface area contributed by atoms with Crippen molar-refractivity contribution in [3.63, 3.8) is 0 Å². The van der Waals surface area contributed by atoms with Gasteiger partial charge in [-0.3, -0.25) is 9.59 Å². The molecule has 2 aliphatic rings. The molecule has 0 radical (unpaired) electrons. The standard InChI is InChI=1S/C11H11F3N4O3S3/c12-11(13,14)7-16-17-9(24-7)23-3-10(8(20)21)1-18-5(19)4(15)6(18)22-2-10/h4,6H,1-3,15H2,(H,20,21)/t4?,6-,10?/m1/s1. The molecule has 1 amide bonds. The summed E-state index contributed by atoms with van der Waals surface area (Å²) >= 11 is 2.55. The molecule has 1 aromatic heterocycles. The molecule has 0 bridgehead atoms. The largest absolute Gasteiger partial charge is 0.481 e. The van der Waals surface area contributed by atoms with Crippen LogP contribution in [-0.4, -0.2) is 61.5 Å². The molecular weight excluding hydrogens is 389 g/mol. The number of amides is 1. The number of hydrogen-bond donors (Lipinski definition) is 2. The fraction of sp³-hybridized carbons (Fsp3) is 0.636. The number of carboxylic acids is 1.